The molecule has 0 radical (unpaired) electrons. The number of halogens is 1. The summed E-state index contributed by atoms with van der Waals surface area (Å²) in [5.74, 6) is -1.87. The average Bonchev–Trinajstić information content (AvgIpc) is 2.33. The van der Waals surface area contributed by atoms with Crippen LogP contribution in [0.5, 0.6) is 0 Å². The fourth-order valence-corrected chi connectivity index (χ4v) is 0.728. The van der Waals surface area contributed by atoms with Crippen molar-refractivity contribution in [2.75, 3.05) is 0 Å². The summed E-state index contributed by atoms with van der Waals surface area (Å²) in [4.78, 5) is 12.7. The lowest BCUT2D eigenvalue weighted by atomic mass is 10.1. The summed E-state index contributed by atoms with van der Waals surface area (Å²) >= 11 is 0. The number of hydrogen-bond donors (Lipinski definition) is 3. The van der Waals surface area contributed by atoms with Gasteiger partial charge in [0.15, 0.2) is 0 Å². The Labute approximate surface area is 61.8 Å². The van der Waals surface area contributed by atoms with Crippen LogP contribution in [0.3, 0.4) is 0 Å². The highest BCUT2D eigenvalue weighted by molar-refractivity contribution is 5.75. The Morgan fingerprint density at radius 3 is 2.73 bits per heavy atom. The number of carboxylic acid groups (broad SMARTS) is 1. The Hall–Kier alpha value is -1.36. The Kier molecular flexibility index (Phi) is 1.91. The molecule has 60 valence electrons. The molecule has 0 aliphatic carbocycles. The van der Waals surface area contributed by atoms with Gasteiger partial charge in [-0.05, 0) is 0 Å². The van der Waals surface area contributed by atoms with Crippen molar-refractivity contribution in [1.82, 2.24) is 4.98 Å². The first-order valence-electron chi connectivity index (χ1n) is 2.93. The smallest absolute Gasteiger partial charge is 0.325 e. The van der Waals surface area contributed by atoms with E-state index in [1.807, 2.05) is 0 Å². The second kappa shape index (κ2) is 2.71. The number of aromatic amines is 1. The fraction of sp³-hybridized carbons (Fsp3) is 0.167. The van der Waals surface area contributed by atoms with Crippen LogP contribution in [0.4, 0.5) is 4.39 Å². The zero-order valence-electron chi connectivity index (χ0n) is 5.54. The van der Waals surface area contributed by atoms with Gasteiger partial charge in [-0.3, -0.25) is 4.79 Å². The van der Waals surface area contributed by atoms with E-state index < -0.39 is 17.8 Å². The third-order valence-corrected chi connectivity index (χ3v) is 1.33. The molecular weight excluding hydrogens is 151 g/mol. The Morgan fingerprint density at radius 1 is 1.73 bits per heavy atom. The zero-order valence-corrected chi connectivity index (χ0v) is 5.54. The largest absolute Gasteiger partial charge is 0.480 e. The van der Waals surface area contributed by atoms with E-state index >= 15 is 0 Å². The SMILES string of the molecule is NC(C(=O)O)c1c[nH]cc1F. The summed E-state index contributed by atoms with van der Waals surface area (Å²) in [6, 6.07) is -1.29. The van der Waals surface area contributed by atoms with Gasteiger partial charge in [-0.15, -0.1) is 0 Å². The van der Waals surface area contributed by atoms with Crippen molar-refractivity contribution in [3.05, 3.63) is 23.8 Å². The molecule has 0 spiro atoms. The summed E-state index contributed by atoms with van der Waals surface area (Å²) < 4.78 is 12.6. The maximum atomic E-state index is 12.6. The molecule has 0 amide bonds. The minimum Gasteiger partial charge on any atom is -0.480 e. The van der Waals surface area contributed by atoms with Gasteiger partial charge in [0.25, 0.3) is 0 Å². The van der Waals surface area contributed by atoms with E-state index in [2.05, 4.69) is 4.98 Å². The van der Waals surface area contributed by atoms with Crippen molar-refractivity contribution >= 4 is 5.97 Å². The van der Waals surface area contributed by atoms with Gasteiger partial charge in [0.2, 0.25) is 0 Å². The van der Waals surface area contributed by atoms with Crippen LogP contribution in [-0.2, 0) is 4.79 Å². The molecule has 4 nitrogen and oxygen atoms in total. The van der Waals surface area contributed by atoms with Crippen LogP contribution < -0.4 is 5.73 Å². The standard InChI is InChI=1S/C6H7FN2O2/c7-4-2-9-1-3(4)5(8)6(10)11/h1-2,5,9H,8H2,(H,10,11). The lowest BCUT2D eigenvalue weighted by molar-refractivity contribution is -0.138. The number of nitrogens with two attached hydrogens (primary N) is 1. The van der Waals surface area contributed by atoms with Crippen molar-refractivity contribution in [1.29, 1.82) is 0 Å². The molecule has 0 saturated heterocycles. The lowest BCUT2D eigenvalue weighted by Crippen LogP contribution is -2.20. The highest BCUT2D eigenvalue weighted by Gasteiger charge is 2.18. The monoisotopic (exact) mass is 158 g/mol. The molecule has 1 unspecified atom stereocenters. The van der Waals surface area contributed by atoms with Crippen molar-refractivity contribution in [3.63, 3.8) is 0 Å². The minimum absolute atomic E-state index is 0.0301. The number of hydrogen-bond acceptors (Lipinski definition) is 2. The summed E-state index contributed by atoms with van der Waals surface area (Å²) in [5, 5.41) is 8.37. The second-order valence-electron chi connectivity index (χ2n) is 2.07. The Morgan fingerprint density at radius 2 is 2.36 bits per heavy atom. The summed E-state index contributed by atoms with van der Waals surface area (Å²) in [6.07, 6.45) is 2.28. The topological polar surface area (TPSA) is 79.1 Å². The molecular formula is C6H7FN2O2. The minimum atomic E-state index is -1.29. The molecule has 1 aromatic heterocycles. The first-order chi connectivity index (χ1) is 5.13. The molecule has 0 aromatic carbocycles. The molecule has 0 fully saturated rings. The van der Waals surface area contributed by atoms with Crippen LogP contribution in [-0.4, -0.2) is 16.1 Å². The van der Waals surface area contributed by atoms with E-state index in [0.717, 1.165) is 6.20 Å². The number of aromatic nitrogens is 1. The van der Waals surface area contributed by atoms with Crippen LogP contribution in [0, 0.1) is 5.82 Å². The number of rotatable bonds is 2. The van der Waals surface area contributed by atoms with Crippen LogP contribution >= 0.6 is 0 Å². The molecule has 4 N–H and O–H groups in total. The quantitative estimate of drug-likeness (QED) is 0.576. The van der Waals surface area contributed by atoms with Crippen LogP contribution in [0.25, 0.3) is 0 Å². The van der Waals surface area contributed by atoms with Gasteiger partial charge in [0.05, 0.1) is 0 Å². The molecule has 0 saturated carbocycles. The predicted octanol–water partition coefficient (Wildman–Crippen LogP) is 0.238. The Bertz CT molecular complexity index is 271. The molecule has 0 aliphatic rings. The van der Waals surface area contributed by atoms with E-state index in [1.165, 1.54) is 6.20 Å². The maximum absolute atomic E-state index is 12.6. The third kappa shape index (κ3) is 1.38. The van der Waals surface area contributed by atoms with Crippen LogP contribution in [0.15, 0.2) is 12.4 Å². The van der Waals surface area contributed by atoms with Gasteiger partial charge in [0, 0.05) is 18.0 Å². The van der Waals surface area contributed by atoms with E-state index in [4.69, 9.17) is 10.8 Å². The highest BCUT2D eigenvalue weighted by atomic mass is 19.1. The van der Waals surface area contributed by atoms with E-state index in [9.17, 15) is 9.18 Å². The Balaban J connectivity index is 2.92. The number of H-pyrrole nitrogens is 1. The van der Waals surface area contributed by atoms with Gasteiger partial charge in [-0.25, -0.2) is 4.39 Å². The molecule has 0 aliphatic heterocycles. The molecule has 1 atom stereocenters. The van der Waals surface area contributed by atoms with Gasteiger partial charge >= 0.3 is 5.97 Å². The van der Waals surface area contributed by atoms with Crippen LogP contribution in [0.1, 0.15) is 11.6 Å². The molecule has 5 heteroatoms. The highest BCUT2D eigenvalue weighted by Crippen LogP contribution is 2.13. The molecule has 11 heavy (non-hydrogen) atoms. The summed E-state index contributed by atoms with van der Waals surface area (Å²) in [6.45, 7) is 0. The van der Waals surface area contributed by atoms with E-state index in [1.54, 1.807) is 0 Å². The van der Waals surface area contributed by atoms with Gasteiger partial charge in [-0.1, -0.05) is 0 Å². The van der Waals surface area contributed by atoms with Gasteiger partial charge < -0.3 is 15.8 Å². The van der Waals surface area contributed by atoms with Gasteiger partial charge in [-0.2, -0.15) is 0 Å². The molecule has 1 aromatic rings. The van der Waals surface area contributed by atoms with E-state index in [-0.39, 0.29) is 5.56 Å². The number of aliphatic carboxylic acids is 1. The van der Waals surface area contributed by atoms with Crippen molar-refractivity contribution in [2.45, 2.75) is 6.04 Å². The lowest BCUT2D eigenvalue weighted by Gasteiger charge is -2.01. The second-order valence-corrected chi connectivity index (χ2v) is 2.07. The maximum Gasteiger partial charge on any atom is 0.325 e. The zero-order chi connectivity index (χ0) is 8.43. The summed E-state index contributed by atoms with van der Waals surface area (Å²) in [5.41, 5.74) is 5.09. The van der Waals surface area contributed by atoms with Crippen molar-refractivity contribution in [3.8, 4) is 0 Å². The first kappa shape index (κ1) is 7.74. The number of carboxylic acids is 1. The fourth-order valence-electron chi connectivity index (χ4n) is 0.728. The van der Waals surface area contributed by atoms with E-state index in [0.29, 0.717) is 0 Å². The number of nitrogens with one attached hydrogen (secondary N) is 1. The predicted molar refractivity (Wildman–Crippen MR) is 35.3 cm³/mol. The molecule has 0 bridgehead atoms. The first-order valence-corrected chi connectivity index (χ1v) is 2.93. The molecule has 1 rings (SSSR count). The number of carbonyl (C=O) groups is 1. The van der Waals surface area contributed by atoms with Crippen molar-refractivity contribution < 1.29 is 14.3 Å². The van der Waals surface area contributed by atoms with Gasteiger partial charge in [0.1, 0.15) is 11.9 Å². The molecule has 1 heterocycles. The normalized spacial score (nSPS) is 12.9. The van der Waals surface area contributed by atoms with Crippen molar-refractivity contribution in [2.24, 2.45) is 5.73 Å². The third-order valence-electron chi connectivity index (χ3n) is 1.33. The van der Waals surface area contributed by atoms with Crippen LogP contribution in [0.2, 0.25) is 0 Å². The summed E-state index contributed by atoms with van der Waals surface area (Å²) in [7, 11) is 0. The average molecular weight is 158 g/mol.